The first-order valence-corrected chi connectivity index (χ1v) is 10.5. The van der Waals surface area contributed by atoms with Gasteiger partial charge in [-0.1, -0.05) is 18.2 Å². The Labute approximate surface area is 158 Å². The number of para-hydroxylation sites is 1. The average Bonchev–Trinajstić information content (AvgIpc) is 2.73. The van der Waals surface area contributed by atoms with Crippen molar-refractivity contribution in [3.63, 3.8) is 0 Å². The zero-order valence-corrected chi connectivity index (χ0v) is 15.7. The van der Waals surface area contributed by atoms with Crippen LogP contribution in [0.25, 0.3) is 10.9 Å². The highest BCUT2D eigenvalue weighted by atomic mass is 32.2. The minimum Gasteiger partial charge on any atom is -0.357 e. The van der Waals surface area contributed by atoms with Gasteiger partial charge in [-0.2, -0.15) is 0 Å². The molecule has 7 nitrogen and oxygen atoms in total. The van der Waals surface area contributed by atoms with Crippen LogP contribution in [-0.2, 0) is 16.6 Å². The topological polar surface area (TPSA) is 88.1 Å². The van der Waals surface area contributed by atoms with Crippen LogP contribution in [0.4, 0.5) is 5.82 Å². The molecule has 1 aromatic carbocycles. The Kier molecular flexibility index (Phi) is 5.00. The summed E-state index contributed by atoms with van der Waals surface area (Å²) in [5.41, 5.74) is 0.454. The van der Waals surface area contributed by atoms with Crippen molar-refractivity contribution in [2.45, 2.75) is 30.7 Å². The summed E-state index contributed by atoms with van der Waals surface area (Å²) < 4.78 is 28.2. The van der Waals surface area contributed by atoms with E-state index < -0.39 is 10.0 Å². The molecule has 140 valence electrons. The second-order valence-electron chi connectivity index (χ2n) is 6.53. The molecule has 0 aliphatic carbocycles. The van der Waals surface area contributed by atoms with Crippen LogP contribution in [0.15, 0.2) is 53.7 Å². The molecule has 1 N–H and O–H groups in total. The zero-order chi connectivity index (χ0) is 18.7. The van der Waals surface area contributed by atoms with E-state index in [0.29, 0.717) is 11.3 Å². The number of hydrogen-bond acceptors (Lipinski definition) is 6. The van der Waals surface area contributed by atoms with Gasteiger partial charge in [0, 0.05) is 30.9 Å². The van der Waals surface area contributed by atoms with E-state index in [1.165, 1.54) is 6.42 Å². The number of aromatic nitrogens is 3. The lowest BCUT2D eigenvalue weighted by Gasteiger charge is -2.27. The van der Waals surface area contributed by atoms with Crippen LogP contribution >= 0.6 is 0 Å². The molecule has 8 heteroatoms. The first-order valence-electron chi connectivity index (χ1n) is 9.04. The molecule has 3 heterocycles. The Bertz CT molecular complexity index is 1040. The Balaban J connectivity index is 1.54. The van der Waals surface area contributed by atoms with Crippen molar-refractivity contribution in [2.24, 2.45) is 0 Å². The molecule has 1 aliphatic rings. The summed E-state index contributed by atoms with van der Waals surface area (Å²) in [6.07, 6.45) is 6.82. The standard InChI is InChI=1S/C19H21N5O2S/c25-27(26,16-8-4-6-15-7-5-10-21-19(15)16)22-14-17-20-11-9-18(23-17)24-12-2-1-3-13-24/h4-11,22H,1-3,12-14H2. The Morgan fingerprint density at radius 2 is 1.78 bits per heavy atom. The van der Waals surface area contributed by atoms with E-state index in [2.05, 4.69) is 24.6 Å². The number of nitrogens with zero attached hydrogens (tertiary/aromatic N) is 4. The minimum absolute atomic E-state index is 0.0350. The Hall–Kier alpha value is -2.58. The third kappa shape index (κ3) is 3.91. The molecular weight excluding hydrogens is 362 g/mol. The number of piperidine rings is 1. The maximum Gasteiger partial charge on any atom is 0.243 e. The van der Waals surface area contributed by atoms with Gasteiger partial charge in [0.25, 0.3) is 0 Å². The van der Waals surface area contributed by atoms with Gasteiger partial charge in [-0.25, -0.2) is 23.1 Å². The molecule has 4 rings (SSSR count). The lowest BCUT2D eigenvalue weighted by Crippen LogP contribution is -2.31. The van der Waals surface area contributed by atoms with Crippen molar-refractivity contribution in [2.75, 3.05) is 18.0 Å². The molecular formula is C19H21N5O2S. The van der Waals surface area contributed by atoms with Gasteiger partial charge in [0.05, 0.1) is 12.1 Å². The van der Waals surface area contributed by atoms with Gasteiger partial charge in [-0.3, -0.25) is 4.98 Å². The van der Waals surface area contributed by atoms with Gasteiger partial charge >= 0.3 is 0 Å². The van der Waals surface area contributed by atoms with E-state index >= 15 is 0 Å². The summed E-state index contributed by atoms with van der Waals surface area (Å²) in [6, 6.07) is 10.6. The number of fused-ring (bicyclic) bond motifs is 1. The van der Waals surface area contributed by atoms with Gasteiger partial charge in [0.1, 0.15) is 16.5 Å². The smallest absolute Gasteiger partial charge is 0.243 e. The molecule has 2 aromatic heterocycles. The first-order chi connectivity index (χ1) is 13.1. The molecule has 0 saturated carbocycles. The van der Waals surface area contributed by atoms with Crippen molar-refractivity contribution in [1.29, 1.82) is 0 Å². The second-order valence-corrected chi connectivity index (χ2v) is 8.27. The SMILES string of the molecule is O=S(=O)(NCc1nccc(N2CCCCC2)n1)c1cccc2cccnc12. The molecule has 1 fully saturated rings. The van der Waals surface area contributed by atoms with Crippen molar-refractivity contribution in [3.05, 3.63) is 54.6 Å². The molecule has 0 radical (unpaired) electrons. The Morgan fingerprint density at radius 3 is 2.63 bits per heavy atom. The number of hydrogen-bond donors (Lipinski definition) is 1. The third-order valence-corrected chi connectivity index (χ3v) is 6.11. The van der Waals surface area contributed by atoms with Gasteiger partial charge in [-0.05, 0) is 37.5 Å². The fourth-order valence-electron chi connectivity index (χ4n) is 3.30. The molecule has 27 heavy (non-hydrogen) atoms. The van der Waals surface area contributed by atoms with Crippen molar-refractivity contribution in [3.8, 4) is 0 Å². The van der Waals surface area contributed by atoms with Crippen LogP contribution in [0, 0.1) is 0 Å². The van der Waals surface area contributed by atoms with Crippen molar-refractivity contribution >= 4 is 26.7 Å². The fraction of sp³-hybridized carbons (Fsp3) is 0.316. The van der Waals surface area contributed by atoms with Crippen LogP contribution in [0.1, 0.15) is 25.1 Å². The van der Waals surface area contributed by atoms with Crippen LogP contribution in [-0.4, -0.2) is 36.5 Å². The quantitative estimate of drug-likeness (QED) is 0.728. The van der Waals surface area contributed by atoms with E-state index in [1.54, 1.807) is 30.6 Å². The molecule has 0 spiro atoms. The highest BCUT2D eigenvalue weighted by Gasteiger charge is 2.19. The minimum atomic E-state index is -3.73. The molecule has 0 atom stereocenters. The number of sulfonamides is 1. The van der Waals surface area contributed by atoms with E-state index in [4.69, 9.17) is 0 Å². The summed E-state index contributed by atoms with van der Waals surface area (Å²) in [5.74, 6) is 1.31. The van der Waals surface area contributed by atoms with E-state index in [1.807, 2.05) is 18.2 Å². The summed E-state index contributed by atoms with van der Waals surface area (Å²) in [5, 5.41) is 0.781. The van der Waals surface area contributed by atoms with E-state index in [-0.39, 0.29) is 11.4 Å². The van der Waals surface area contributed by atoms with Gasteiger partial charge in [-0.15, -0.1) is 0 Å². The van der Waals surface area contributed by atoms with Gasteiger partial charge in [0.15, 0.2) is 0 Å². The summed E-state index contributed by atoms with van der Waals surface area (Å²) in [7, 11) is -3.73. The normalized spacial score (nSPS) is 15.2. The van der Waals surface area contributed by atoms with Gasteiger partial charge in [0.2, 0.25) is 10.0 Å². The summed E-state index contributed by atoms with van der Waals surface area (Å²) in [6.45, 7) is 1.99. The summed E-state index contributed by atoms with van der Waals surface area (Å²) in [4.78, 5) is 15.3. The van der Waals surface area contributed by atoms with Crippen molar-refractivity contribution < 1.29 is 8.42 Å². The third-order valence-electron chi connectivity index (χ3n) is 4.68. The number of nitrogens with one attached hydrogen (secondary N) is 1. The molecule has 0 bridgehead atoms. The predicted octanol–water partition coefficient (Wildman–Crippen LogP) is 2.49. The predicted molar refractivity (Wildman–Crippen MR) is 104 cm³/mol. The van der Waals surface area contributed by atoms with E-state index in [0.717, 1.165) is 37.1 Å². The number of rotatable bonds is 5. The number of pyridine rings is 1. The maximum atomic E-state index is 12.8. The van der Waals surface area contributed by atoms with Crippen LogP contribution in [0.3, 0.4) is 0 Å². The van der Waals surface area contributed by atoms with Crippen LogP contribution in [0.2, 0.25) is 0 Å². The lowest BCUT2D eigenvalue weighted by atomic mass is 10.1. The molecule has 0 amide bonds. The number of benzene rings is 1. The molecule has 3 aromatic rings. The highest BCUT2D eigenvalue weighted by Crippen LogP contribution is 2.21. The first kappa shape index (κ1) is 17.8. The van der Waals surface area contributed by atoms with Crippen molar-refractivity contribution in [1.82, 2.24) is 19.7 Å². The average molecular weight is 383 g/mol. The molecule has 1 aliphatic heterocycles. The summed E-state index contributed by atoms with van der Waals surface area (Å²) >= 11 is 0. The van der Waals surface area contributed by atoms with Crippen LogP contribution in [0.5, 0.6) is 0 Å². The number of anilines is 1. The fourth-order valence-corrected chi connectivity index (χ4v) is 4.46. The largest absolute Gasteiger partial charge is 0.357 e. The second kappa shape index (κ2) is 7.58. The lowest BCUT2D eigenvalue weighted by molar-refractivity contribution is 0.569. The monoisotopic (exact) mass is 383 g/mol. The van der Waals surface area contributed by atoms with Crippen LogP contribution < -0.4 is 9.62 Å². The zero-order valence-electron chi connectivity index (χ0n) is 14.9. The van der Waals surface area contributed by atoms with Gasteiger partial charge < -0.3 is 4.90 Å². The molecule has 1 saturated heterocycles. The molecule has 0 unspecified atom stereocenters. The maximum absolute atomic E-state index is 12.8. The highest BCUT2D eigenvalue weighted by molar-refractivity contribution is 7.89. The Morgan fingerprint density at radius 1 is 0.963 bits per heavy atom. The van der Waals surface area contributed by atoms with E-state index in [9.17, 15) is 8.42 Å².